The van der Waals surface area contributed by atoms with Gasteiger partial charge in [-0.05, 0) is 55.3 Å². The molecule has 1 heterocycles. The zero-order valence-electron chi connectivity index (χ0n) is 14.0. The Kier molecular flexibility index (Phi) is 4.44. The zero-order valence-corrected chi connectivity index (χ0v) is 14.7. The Bertz CT molecular complexity index is 890. The summed E-state index contributed by atoms with van der Waals surface area (Å²) in [6.07, 6.45) is 0. The fraction of sp³-hybridized carbons (Fsp3) is 0.222. The molecule has 0 aliphatic heterocycles. The molecule has 1 aromatic heterocycles. The van der Waals surface area contributed by atoms with Gasteiger partial charge in [0.15, 0.2) is 0 Å². The van der Waals surface area contributed by atoms with Crippen molar-refractivity contribution in [2.75, 3.05) is 14.2 Å². The molecule has 0 spiro atoms. The molecule has 124 valence electrons. The van der Waals surface area contributed by atoms with Crippen molar-refractivity contribution in [1.82, 2.24) is 15.4 Å². The molecule has 0 saturated heterocycles. The van der Waals surface area contributed by atoms with Gasteiger partial charge in [0.25, 0.3) is 0 Å². The number of aromatic amines is 1. The van der Waals surface area contributed by atoms with Gasteiger partial charge in [0.05, 0.1) is 24.9 Å². The number of methoxy groups -OCH3 is 2. The van der Waals surface area contributed by atoms with Crippen LogP contribution in [0.1, 0.15) is 11.1 Å². The van der Waals surface area contributed by atoms with Crippen LogP contribution in [0.15, 0.2) is 30.3 Å². The van der Waals surface area contributed by atoms with Crippen LogP contribution in [-0.2, 0) is 0 Å². The number of hydrogen-bond donors (Lipinski definition) is 1. The number of halogens is 1. The van der Waals surface area contributed by atoms with Gasteiger partial charge in [-0.25, -0.2) is 0 Å². The lowest BCUT2D eigenvalue weighted by Gasteiger charge is -2.11. The summed E-state index contributed by atoms with van der Waals surface area (Å²) in [4.78, 5) is 0. The van der Waals surface area contributed by atoms with Gasteiger partial charge >= 0.3 is 0 Å². The van der Waals surface area contributed by atoms with Crippen molar-refractivity contribution in [3.63, 3.8) is 0 Å². The minimum absolute atomic E-state index is 0.535. The van der Waals surface area contributed by atoms with E-state index in [4.69, 9.17) is 21.1 Å². The van der Waals surface area contributed by atoms with Gasteiger partial charge < -0.3 is 9.47 Å². The fourth-order valence-electron chi connectivity index (χ4n) is 2.63. The predicted octanol–water partition coefficient (Wildman–Crippen LogP) is 4.43. The second-order valence-corrected chi connectivity index (χ2v) is 5.91. The Balaban J connectivity index is 2.12. The lowest BCUT2D eigenvalue weighted by molar-refractivity contribution is 0.411. The first kappa shape index (κ1) is 16.3. The number of aromatic nitrogens is 3. The smallest absolute Gasteiger partial charge is 0.137 e. The van der Waals surface area contributed by atoms with E-state index in [0.29, 0.717) is 10.8 Å². The maximum absolute atomic E-state index is 6.24. The molecule has 5 nitrogen and oxygen atoms in total. The monoisotopic (exact) mass is 343 g/mol. The van der Waals surface area contributed by atoms with Gasteiger partial charge in [-0.3, -0.25) is 5.10 Å². The topological polar surface area (TPSA) is 60.0 Å². The summed E-state index contributed by atoms with van der Waals surface area (Å²) in [6.45, 7) is 4.08. The van der Waals surface area contributed by atoms with Crippen molar-refractivity contribution in [2.24, 2.45) is 0 Å². The van der Waals surface area contributed by atoms with E-state index >= 15 is 0 Å². The number of rotatable bonds is 4. The van der Waals surface area contributed by atoms with Crippen LogP contribution in [0.5, 0.6) is 11.5 Å². The molecule has 0 aliphatic rings. The number of benzene rings is 2. The average molecular weight is 344 g/mol. The molecule has 0 saturated carbocycles. The summed E-state index contributed by atoms with van der Waals surface area (Å²) in [5.41, 5.74) is 5.61. The summed E-state index contributed by atoms with van der Waals surface area (Å²) in [5.74, 6) is 1.45. The van der Waals surface area contributed by atoms with E-state index in [9.17, 15) is 0 Å². The molecule has 0 atom stereocenters. The van der Waals surface area contributed by atoms with Crippen molar-refractivity contribution in [3.05, 3.63) is 46.5 Å². The van der Waals surface area contributed by atoms with Crippen LogP contribution in [0.25, 0.3) is 22.5 Å². The number of nitrogens with zero attached hydrogens (tertiary/aromatic N) is 2. The van der Waals surface area contributed by atoms with E-state index in [2.05, 4.69) is 21.5 Å². The average Bonchev–Trinajstić information content (AvgIpc) is 3.06. The molecule has 1 N–H and O–H groups in total. The van der Waals surface area contributed by atoms with Crippen LogP contribution in [0, 0.1) is 13.8 Å². The van der Waals surface area contributed by atoms with Gasteiger partial charge in [-0.2, -0.15) is 0 Å². The summed E-state index contributed by atoms with van der Waals surface area (Å²) in [7, 11) is 3.25. The molecule has 0 aliphatic carbocycles. The maximum atomic E-state index is 6.24. The summed E-state index contributed by atoms with van der Waals surface area (Å²) >= 11 is 6.24. The summed E-state index contributed by atoms with van der Waals surface area (Å²) < 4.78 is 10.7. The van der Waals surface area contributed by atoms with E-state index in [1.165, 1.54) is 0 Å². The van der Waals surface area contributed by atoms with Crippen LogP contribution >= 0.6 is 11.6 Å². The number of hydrogen-bond acceptors (Lipinski definition) is 4. The van der Waals surface area contributed by atoms with Gasteiger partial charge in [0.2, 0.25) is 0 Å². The minimum atomic E-state index is 0.535. The summed E-state index contributed by atoms with van der Waals surface area (Å²) in [5, 5.41) is 11.7. The zero-order chi connectivity index (χ0) is 17.3. The third-order valence-corrected chi connectivity index (χ3v) is 4.40. The van der Waals surface area contributed by atoms with Gasteiger partial charge in [0, 0.05) is 11.1 Å². The molecule has 2 aromatic carbocycles. The highest BCUT2D eigenvalue weighted by Crippen LogP contribution is 2.35. The molecule has 0 fully saturated rings. The standard InChI is InChI=1S/C18H18ClN3O2/c1-10-7-13(9-16(24-4)11(10)2)18-17(20-22-21-18)12-5-6-15(23-3)14(19)8-12/h5-9H,1-4H3,(H,20,21,22). The Labute approximate surface area is 145 Å². The molecular formula is C18H18ClN3O2. The van der Waals surface area contributed by atoms with Crippen LogP contribution in [0.2, 0.25) is 5.02 Å². The molecule has 0 radical (unpaired) electrons. The Hall–Kier alpha value is -2.53. The SMILES string of the molecule is COc1ccc(-c2[nH]nnc2-c2cc(C)c(C)c(OC)c2)cc1Cl. The molecule has 6 heteroatoms. The van der Waals surface area contributed by atoms with E-state index < -0.39 is 0 Å². The lowest BCUT2D eigenvalue weighted by Crippen LogP contribution is -1.93. The molecule has 24 heavy (non-hydrogen) atoms. The number of aryl methyl sites for hydroxylation is 1. The number of ether oxygens (including phenoxy) is 2. The predicted molar refractivity (Wildman–Crippen MR) is 94.8 cm³/mol. The molecular weight excluding hydrogens is 326 g/mol. The first-order valence-corrected chi connectivity index (χ1v) is 7.83. The third kappa shape index (κ3) is 2.83. The Morgan fingerprint density at radius 2 is 1.71 bits per heavy atom. The normalized spacial score (nSPS) is 10.7. The highest BCUT2D eigenvalue weighted by Gasteiger charge is 2.16. The van der Waals surface area contributed by atoms with Crippen molar-refractivity contribution >= 4 is 11.6 Å². The van der Waals surface area contributed by atoms with Crippen LogP contribution in [-0.4, -0.2) is 29.6 Å². The van der Waals surface area contributed by atoms with Crippen LogP contribution in [0.4, 0.5) is 0 Å². The third-order valence-electron chi connectivity index (χ3n) is 4.10. The lowest BCUT2D eigenvalue weighted by atomic mass is 10.00. The molecule has 3 aromatic rings. The van der Waals surface area contributed by atoms with Crippen LogP contribution in [0.3, 0.4) is 0 Å². The van der Waals surface area contributed by atoms with E-state index in [-0.39, 0.29) is 0 Å². The Morgan fingerprint density at radius 1 is 0.958 bits per heavy atom. The van der Waals surface area contributed by atoms with Crippen molar-refractivity contribution in [1.29, 1.82) is 0 Å². The number of nitrogens with one attached hydrogen (secondary N) is 1. The second kappa shape index (κ2) is 6.53. The minimum Gasteiger partial charge on any atom is -0.496 e. The van der Waals surface area contributed by atoms with Crippen LogP contribution < -0.4 is 9.47 Å². The van der Waals surface area contributed by atoms with Gasteiger partial charge in [0.1, 0.15) is 17.2 Å². The van der Waals surface area contributed by atoms with Gasteiger partial charge in [-0.15, -0.1) is 5.10 Å². The van der Waals surface area contributed by atoms with Crippen molar-refractivity contribution < 1.29 is 9.47 Å². The van der Waals surface area contributed by atoms with Crippen molar-refractivity contribution in [2.45, 2.75) is 13.8 Å². The Morgan fingerprint density at radius 3 is 2.38 bits per heavy atom. The largest absolute Gasteiger partial charge is 0.496 e. The highest BCUT2D eigenvalue weighted by atomic mass is 35.5. The van der Waals surface area contributed by atoms with E-state index in [0.717, 1.165) is 39.4 Å². The van der Waals surface area contributed by atoms with Gasteiger partial charge in [-0.1, -0.05) is 16.8 Å². The maximum Gasteiger partial charge on any atom is 0.137 e. The summed E-state index contributed by atoms with van der Waals surface area (Å²) in [6, 6.07) is 9.61. The molecule has 3 rings (SSSR count). The van der Waals surface area contributed by atoms with E-state index in [1.54, 1.807) is 14.2 Å². The fourth-order valence-corrected chi connectivity index (χ4v) is 2.89. The first-order chi connectivity index (χ1) is 11.5. The quantitative estimate of drug-likeness (QED) is 0.761. The second-order valence-electron chi connectivity index (χ2n) is 5.51. The van der Waals surface area contributed by atoms with E-state index in [1.807, 2.05) is 38.1 Å². The highest BCUT2D eigenvalue weighted by molar-refractivity contribution is 6.32. The molecule has 0 amide bonds. The van der Waals surface area contributed by atoms with Crippen molar-refractivity contribution in [3.8, 4) is 34.0 Å². The molecule has 0 unspecified atom stereocenters. The number of H-pyrrole nitrogens is 1. The molecule has 0 bridgehead atoms. The first-order valence-electron chi connectivity index (χ1n) is 7.45.